The fourth-order valence-electron chi connectivity index (χ4n) is 2.49. The van der Waals surface area contributed by atoms with Gasteiger partial charge in [-0.3, -0.25) is 14.5 Å². The average Bonchev–Trinajstić information content (AvgIpc) is 2.90. The van der Waals surface area contributed by atoms with Crippen molar-refractivity contribution in [2.24, 2.45) is 0 Å². The Balaban J connectivity index is 1.80. The molecule has 0 aliphatic carbocycles. The van der Waals surface area contributed by atoms with E-state index in [4.69, 9.17) is 33.0 Å². The molecule has 29 heavy (non-hydrogen) atoms. The maximum atomic E-state index is 13.0. The lowest BCUT2D eigenvalue weighted by Crippen LogP contribution is -2.27. The van der Waals surface area contributed by atoms with E-state index in [0.717, 1.165) is 16.7 Å². The van der Waals surface area contributed by atoms with E-state index in [1.165, 1.54) is 42.5 Å². The minimum Gasteiger partial charge on any atom is -0.479 e. The van der Waals surface area contributed by atoms with Crippen LogP contribution in [-0.2, 0) is 16.1 Å². The average molecular weight is 456 g/mol. The predicted molar refractivity (Wildman–Crippen MR) is 108 cm³/mol. The van der Waals surface area contributed by atoms with Crippen molar-refractivity contribution in [2.75, 3.05) is 6.61 Å². The van der Waals surface area contributed by atoms with Crippen LogP contribution in [0.5, 0.6) is 5.75 Å². The lowest BCUT2D eigenvalue weighted by molar-refractivity contribution is -0.139. The molecule has 1 aliphatic rings. The Morgan fingerprint density at radius 2 is 1.79 bits per heavy atom. The van der Waals surface area contributed by atoms with Crippen molar-refractivity contribution in [3.05, 3.63) is 68.3 Å². The molecule has 1 N–H and O–H groups in total. The Kier molecular flexibility index (Phi) is 6.46. The number of hydrogen-bond acceptors (Lipinski definition) is 5. The SMILES string of the molecule is O=C(O)COc1c(Cl)cc(/C=C2\SC(=O)N(Cc3ccc(F)cc3)C2=O)cc1Cl. The number of amides is 2. The first kappa shape index (κ1) is 21.2. The molecule has 2 amide bonds. The Morgan fingerprint density at radius 1 is 1.17 bits per heavy atom. The van der Waals surface area contributed by atoms with E-state index >= 15 is 0 Å². The zero-order valence-corrected chi connectivity index (χ0v) is 16.9. The largest absolute Gasteiger partial charge is 0.479 e. The summed E-state index contributed by atoms with van der Waals surface area (Å²) in [5, 5.41) is 8.36. The third-order valence-corrected chi connectivity index (χ3v) is 5.25. The highest BCUT2D eigenvalue weighted by Gasteiger charge is 2.35. The smallest absolute Gasteiger partial charge is 0.341 e. The predicted octanol–water partition coefficient (Wildman–Crippen LogP) is 4.83. The number of rotatable bonds is 6. The summed E-state index contributed by atoms with van der Waals surface area (Å²) in [7, 11) is 0. The summed E-state index contributed by atoms with van der Waals surface area (Å²) >= 11 is 12.9. The molecule has 0 bridgehead atoms. The zero-order valence-electron chi connectivity index (χ0n) is 14.5. The summed E-state index contributed by atoms with van der Waals surface area (Å²) < 4.78 is 18.1. The van der Waals surface area contributed by atoms with Crippen LogP contribution < -0.4 is 4.74 Å². The second-order valence-corrected chi connectivity index (χ2v) is 7.70. The third kappa shape index (κ3) is 5.09. The van der Waals surface area contributed by atoms with Gasteiger partial charge in [-0.15, -0.1) is 0 Å². The fraction of sp³-hybridized carbons (Fsp3) is 0.105. The summed E-state index contributed by atoms with van der Waals surface area (Å²) in [5.41, 5.74) is 1.05. The van der Waals surface area contributed by atoms with Crippen LogP contribution >= 0.6 is 35.0 Å². The van der Waals surface area contributed by atoms with E-state index in [1.807, 2.05) is 0 Å². The fourth-order valence-corrected chi connectivity index (χ4v) is 3.95. The van der Waals surface area contributed by atoms with Gasteiger partial charge in [-0.1, -0.05) is 35.3 Å². The molecule has 1 heterocycles. The molecule has 2 aromatic carbocycles. The quantitative estimate of drug-likeness (QED) is 0.627. The number of carboxylic acids is 1. The number of hydrogen-bond donors (Lipinski definition) is 1. The topological polar surface area (TPSA) is 83.9 Å². The van der Waals surface area contributed by atoms with E-state index in [-0.39, 0.29) is 27.2 Å². The molecule has 1 fully saturated rings. The van der Waals surface area contributed by atoms with Gasteiger partial charge in [-0.25, -0.2) is 9.18 Å². The molecule has 10 heteroatoms. The van der Waals surface area contributed by atoms with E-state index < -0.39 is 29.5 Å². The van der Waals surface area contributed by atoms with Crippen molar-refractivity contribution in [2.45, 2.75) is 6.54 Å². The normalized spacial score (nSPS) is 15.3. The number of ether oxygens (including phenoxy) is 1. The zero-order chi connectivity index (χ0) is 21.1. The Bertz CT molecular complexity index is 1000. The number of thioether (sulfide) groups is 1. The van der Waals surface area contributed by atoms with Gasteiger partial charge in [0.15, 0.2) is 12.4 Å². The summed E-state index contributed by atoms with van der Waals surface area (Å²) in [6.45, 7) is -0.590. The van der Waals surface area contributed by atoms with Crippen molar-refractivity contribution in [1.29, 1.82) is 0 Å². The monoisotopic (exact) mass is 455 g/mol. The highest BCUT2D eigenvalue weighted by molar-refractivity contribution is 8.18. The van der Waals surface area contributed by atoms with Gasteiger partial charge in [0.1, 0.15) is 5.82 Å². The number of carboxylic acid groups (broad SMARTS) is 1. The third-order valence-electron chi connectivity index (χ3n) is 3.79. The number of carbonyl (C=O) groups is 3. The number of imide groups is 1. The molecule has 0 radical (unpaired) electrons. The van der Waals surface area contributed by atoms with Crippen LogP contribution in [0, 0.1) is 5.82 Å². The number of halogens is 3. The molecule has 0 spiro atoms. The highest BCUT2D eigenvalue weighted by Crippen LogP contribution is 2.37. The van der Waals surface area contributed by atoms with Crippen LogP contribution in [0.3, 0.4) is 0 Å². The molecular formula is C19H12Cl2FNO5S. The first-order valence-electron chi connectivity index (χ1n) is 8.08. The molecule has 1 saturated heterocycles. The lowest BCUT2D eigenvalue weighted by atomic mass is 10.2. The minimum atomic E-state index is -1.18. The van der Waals surface area contributed by atoms with Crippen molar-refractivity contribution in [1.82, 2.24) is 4.90 Å². The van der Waals surface area contributed by atoms with Crippen LogP contribution in [0.2, 0.25) is 10.0 Å². The number of aliphatic carboxylic acids is 1. The van der Waals surface area contributed by atoms with Gasteiger partial charge in [0.2, 0.25) is 0 Å². The van der Waals surface area contributed by atoms with Crippen molar-refractivity contribution in [3.63, 3.8) is 0 Å². The molecule has 0 saturated carbocycles. The first-order chi connectivity index (χ1) is 13.7. The van der Waals surface area contributed by atoms with Gasteiger partial charge in [-0.2, -0.15) is 0 Å². The van der Waals surface area contributed by atoms with Gasteiger partial charge in [0, 0.05) is 0 Å². The van der Waals surface area contributed by atoms with E-state index in [0.29, 0.717) is 11.1 Å². The van der Waals surface area contributed by atoms with Crippen molar-refractivity contribution >= 4 is 58.2 Å². The molecule has 0 atom stereocenters. The summed E-state index contributed by atoms with van der Waals surface area (Å²) in [4.78, 5) is 36.7. The Hall–Kier alpha value is -2.55. The van der Waals surface area contributed by atoms with E-state index in [9.17, 15) is 18.8 Å². The molecule has 1 aliphatic heterocycles. The van der Waals surface area contributed by atoms with Gasteiger partial charge < -0.3 is 9.84 Å². The lowest BCUT2D eigenvalue weighted by Gasteiger charge is -2.12. The Morgan fingerprint density at radius 3 is 2.38 bits per heavy atom. The van der Waals surface area contributed by atoms with Crippen molar-refractivity contribution in [3.8, 4) is 5.75 Å². The number of nitrogens with zero attached hydrogens (tertiary/aromatic N) is 1. The van der Waals surface area contributed by atoms with Gasteiger partial charge >= 0.3 is 5.97 Å². The van der Waals surface area contributed by atoms with Crippen LogP contribution in [0.15, 0.2) is 41.3 Å². The second kappa shape index (κ2) is 8.86. The molecule has 2 aromatic rings. The molecule has 150 valence electrons. The maximum absolute atomic E-state index is 13.0. The van der Waals surface area contributed by atoms with Gasteiger partial charge in [0.25, 0.3) is 11.1 Å². The second-order valence-electron chi connectivity index (χ2n) is 5.89. The maximum Gasteiger partial charge on any atom is 0.341 e. The summed E-state index contributed by atoms with van der Waals surface area (Å²) in [6, 6.07) is 8.39. The molecule has 0 aromatic heterocycles. The molecular weight excluding hydrogens is 444 g/mol. The number of benzene rings is 2. The standard InChI is InChI=1S/C19H12Cl2FNO5S/c20-13-5-11(6-14(21)17(13)28-9-16(24)25)7-15-18(26)23(19(27)29-15)8-10-1-3-12(22)4-2-10/h1-7H,8-9H2,(H,24,25)/b15-7-. The summed E-state index contributed by atoms with van der Waals surface area (Å²) in [6.07, 6.45) is 1.45. The van der Waals surface area contributed by atoms with Crippen LogP contribution in [0.4, 0.5) is 9.18 Å². The molecule has 6 nitrogen and oxygen atoms in total. The van der Waals surface area contributed by atoms with Gasteiger partial charge in [0.05, 0.1) is 21.5 Å². The van der Waals surface area contributed by atoms with Crippen LogP contribution in [0.1, 0.15) is 11.1 Å². The Labute approximate surface area is 178 Å². The van der Waals surface area contributed by atoms with Crippen LogP contribution in [-0.4, -0.2) is 33.7 Å². The van der Waals surface area contributed by atoms with Gasteiger partial charge in [-0.05, 0) is 53.2 Å². The number of carbonyl (C=O) groups excluding carboxylic acids is 2. The molecule has 0 unspecified atom stereocenters. The first-order valence-corrected chi connectivity index (χ1v) is 9.65. The van der Waals surface area contributed by atoms with Crippen molar-refractivity contribution < 1.29 is 28.6 Å². The van der Waals surface area contributed by atoms with E-state index in [1.54, 1.807) is 0 Å². The molecule has 3 rings (SSSR count). The van der Waals surface area contributed by atoms with E-state index in [2.05, 4.69) is 0 Å². The van der Waals surface area contributed by atoms with Crippen LogP contribution in [0.25, 0.3) is 6.08 Å². The minimum absolute atomic E-state index is 0.0114. The summed E-state index contributed by atoms with van der Waals surface area (Å²) in [5.74, 6) is -2.08. The highest BCUT2D eigenvalue weighted by atomic mass is 35.5.